The van der Waals surface area contributed by atoms with Gasteiger partial charge in [0, 0.05) is 18.2 Å². The summed E-state index contributed by atoms with van der Waals surface area (Å²) < 4.78 is 16.0. The van der Waals surface area contributed by atoms with E-state index in [9.17, 15) is 0 Å². The molecule has 1 aliphatic heterocycles. The van der Waals surface area contributed by atoms with Gasteiger partial charge in [-0.25, -0.2) is 0 Å². The predicted octanol–water partition coefficient (Wildman–Crippen LogP) is 2.17. The van der Waals surface area contributed by atoms with Crippen molar-refractivity contribution in [2.45, 2.75) is 12.5 Å². The van der Waals surface area contributed by atoms with Crippen LogP contribution in [0.1, 0.15) is 18.0 Å². The van der Waals surface area contributed by atoms with E-state index in [0.717, 1.165) is 35.8 Å². The number of methoxy groups -OCH3 is 3. The lowest BCUT2D eigenvalue weighted by Gasteiger charge is -2.30. The zero-order chi connectivity index (χ0) is 11.5. The third kappa shape index (κ3) is 2.58. The first-order valence-corrected chi connectivity index (χ1v) is 5.33. The molecule has 0 aliphatic carbocycles. The van der Waals surface area contributed by atoms with E-state index in [1.165, 1.54) is 0 Å². The molecule has 1 saturated heterocycles. The average molecular weight is 260 g/mol. The fourth-order valence-corrected chi connectivity index (χ4v) is 1.91. The van der Waals surface area contributed by atoms with Gasteiger partial charge in [-0.2, -0.15) is 0 Å². The number of hydrogen-bond acceptors (Lipinski definition) is 4. The Kier molecular flexibility index (Phi) is 4.90. The molecule has 1 aliphatic rings. The third-order valence-corrected chi connectivity index (χ3v) is 2.93. The minimum Gasteiger partial charge on any atom is -0.496 e. The number of benzene rings is 1. The maximum absolute atomic E-state index is 5.39. The number of hydrogen-bond donors (Lipinski definition) is 1. The lowest BCUT2D eigenvalue weighted by atomic mass is 9.96. The summed E-state index contributed by atoms with van der Waals surface area (Å²) in [6.07, 6.45) is 1.11. The lowest BCUT2D eigenvalue weighted by molar-refractivity contribution is 0.325. The molecule has 1 atom stereocenters. The smallest absolute Gasteiger partial charge is 0.131 e. The molecule has 5 heteroatoms. The fourth-order valence-electron chi connectivity index (χ4n) is 1.91. The monoisotopic (exact) mass is 259 g/mol. The van der Waals surface area contributed by atoms with Crippen molar-refractivity contribution in [3.8, 4) is 17.2 Å². The van der Waals surface area contributed by atoms with Crippen molar-refractivity contribution in [1.29, 1.82) is 0 Å². The largest absolute Gasteiger partial charge is 0.496 e. The maximum Gasteiger partial charge on any atom is 0.131 e. The van der Waals surface area contributed by atoms with Crippen LogP contribution in [0.25, 0.3) is 0 Å². The first-order valence-electron chi connectivity index (χ1n) is 5.33. The Morgan fingerprint density at radius 1 is 1.06 bits per heavy atom. The van der Waals surface area contributed by atoms with Gasteiger partial charge in [0.25, 0.3) is 0 Å². The van der Waals surface area contributed by atoms with Gasteiger partial charge in [0.15, 0.2) is 0 Å². The standard InChI is InChI=1S/C12H17NO3.ClH/c1-14-8-6-10(15-2)12(9-4-5-13-9)11(7-8)16-3;/h6-7,9,13H,4-5H2,1-3H3;1H/t9-;/m1./s1. The van der Waals surface area contributed by atoms with Gasteiger partial charge in [0.1, 0.15) is 17.2 Å². The molecule has 0 saturated carbocycles. The van der Waals surface area contributed by atoms with Crippen LogP contribution in [-0.4, -0.2) is 27.9 Å². The SMILES string of the molecule is COc1cc(OC)c([C@H]2CCN2)c(OC)c1.Cl. The quantitative estimate of drug-likeness (QED) is 0.900. The van der Waals surface area contributed by atoms with Crippen molar-refractivity contribution in [1.82, 2.24) is 5.32 Å². The number of rotatable bonds is 4. The average Bonchev–Trinajstić information content (AvgIpc) is 2.26. The minimum atomic E-state index is 0. The van der Waals surface area contributed by atoms with Crippen LogP contribution in [0.5, 0.6) is 17.2 Å². The molecule has 2 rings (SSSR count). The molecule has 0 bridgehead atoms. The highest BCUT2D eigenvalue weighted by atomic mass is 35.5. The number of ether oxygens (including phenoxy) is 3. The molecule has 17 heavy (non-hydrogen) atoms. The molecule has 0 radical (unpaired) electrons. The molecule has 1 fully saturated rings. The van der Waals surface area contributed by atoms with Gasteiger partial charge in [0.2, 0.25) is 0 Å². The zero-order valence-electron chi connectivity index (χ0n) is 10.3. The summed E-state index contributed by atoms with van der Waals surface area (Å²) in [7, 11) is 4.96. The summed E-state index contributed by atoms with van der Waals surface area (Å²) in [5.74, 6) is 2.37. The molecule has 1 aromatic rings. The summed E-state index contributed by atoms with van der Waals surface area (Å²) in [5, 5.41) is 3.35. The molecule has 1 heterocycles. The molecule has 0 unspecified atom stereocenters. The molecule has 96 valence electrons. The minimum absolute atomic E-state index is 0. The highest BCUT2D eigenvalue weighted by molar-refractivity contribution is 5.85. The predicted molar refractivity (Wildman–Crippen MR) is 68.7 cm³/mol. The highest BCUT2D eigenvalue weighted by Gasteiger charge is 2.26. The van der Waals surface area contributed by atoms with Gasteiger partial charge in [0.05, 0.1) is 26.9 Å². The summed E-state index contributed by atoms with van der Waals surface area (Å²) >= 11 is 0. The van der Waals surface area contributed by atoms with E-state index in [0.29, 0.717) is 6.04 Å². The topological polar surface area (TPSA) is 39.7 Å². The van der Waals surface area contributed by atoms with Crippen LogP contribution >= 0.6 is 12.4 Å². The van der Waals surface area contributed by atoms with E-state index in [4.69, 9.17) is 14.2 Å². The Morgan fingerprint density at radius 3 is 1.88 bits per heavy atom. The zero-order valence-corrected chi connectivity index (χ0v) is 11.1. The molecular formula is C12H18ClNO3. The fraction of sp³-hybridized carbons (Fsp3) is 0.500. The Bertz CT molecular complexity index is 355. The lowest BCUT2D eigenvalue weighted by Crippen LogP contribution is -2.35. The van der Waals surface area contributed by atoms with Crippen molar-refractivity contribution >= 4 is 12.4 Å². The number of halogens is 1. The van der Waals surface area contributed by atoms with Crippen LogP contribution in [0, 0.1) is 0 Å². The Balaban J connectivity index is 0.00000144. The maximum atomic E-state index is 5.39. The van der Waals surface area contributed by atoms with Gasteiger partial charge in [-0.05, 0) is 13.0 Å². The summed E-state index contributed by atoms with van der Waals surface area (Å²) in [6, 6.07) is 4.10. The summed E-state index contributed by atoms with van der Waals surface area (Å²) in [6.45, 7) is 1.04. The molecule has 1 aromatic carbocycles. The van der Waals surface area contributed by atoms with Crippen LogP contribution in [0.15, 0.2) is 12.1 Å². The van der Waals surface area contributed by atoms with Crippen molar-refractivity contribution in [2.24, 2.45) is 0 Å². The number of nitrogens with one attached hydrogen (secondary N) is 1. The second kappa shape index (κ2) is 5.98. The first-order chi connectivity index (χ1) is 7.80. The van der Waals surface area contributed by atoms with Gasteiger partial charge >= 0.3 is 0 Å². The van der Waals surface area contributed by atoms with Crippen LogP contribution in [-0.2, 0) is 0 Å². The Labute approximate surface area is 108 Å². The second-order valence-corrected chi connectivity index (χ2v) is 3.74. The van der Waals surface area contributed by atoms with Crippen molar-refractivity contribution in [2.75, 3.05) is 27.9 Å². The summed E-state index contributed by atoms with van der Waals surface area (Å²) in [4.78, 5) is 0. The second-order valence-electron chi connectivity index (χ2n) is 3.74. The van der Waals surface area contributed by atoms with Crippen molar-refractivity contribution in [3.05, 3.63) is 17.7 Å². The van der Waals surface area contributed by atoms with Crippen LogP contribution < -0.4 is 19.5 Å². The third-order valence-electron chi connectivity index (χ3n) is 2.93. The van der Waals surface area contributed by atoms with Crippen molar-refractivity contribution in [3.63, 3.8) is 0 Å². The van der Waals surface area contributed by atoms with Crippen molar-refractivity contribution < 1.29 is 14.2 Å². The molecule has 0 spiro atoms. The molecule has 0 aromatic heterocycles. The Morgan fingerprint density at radius 2 is 1.59 bits per heavy atom. The van der Waals surface area contributed by atoms with E-state index in [1.54, 1.807) is 21.3 Å². The van der Waals surface area contributed by atoms with E-state index in [2.05, 4.69) is 5.32 Å². The Hall–Kier alpha value is -1.13. The highest BCUT2D eigenvalue weighted by Crippen LogP contribution is 2.41. The first kappa shape index (κ1) is 13.9. The van der Waals surface area contributed by atoms with E-state index >= 15 is 0 Å². The van der Waals surface area contributed by atoms with Gasteiger partial charge in [-0.1, -0.05) is 0 Å². The molecule has 4 nitrogen and oxygen atoms in total. The normalized spacial score (nSPS) is 17.7. The van der Waals surface area contributed by atoms with Crippen LogP contribution in [0.4, 0.5) is 0 Å². The van der Waals surface area contributed by atoms with Gasteiger partial charge in [-0.15, -0.1) is 12.4 Å². The molecule has 0 amide bonds. The van der Waals surface area contributed by atoms with Gasteiger partial charge < -0.3 is 19.5 Å². The van der Waals surface area contributed by atoms with E-state index < -0.39 is 0 Å². The van der Waals surface area contributed by atoms with Crippen LogP contribution in [0.3, 0.4) is 0 Å². The van der Waals surface area contributed by atoms with E-state index in [-0.39, 0.29) is 12.4 Å². The van der Waals surface area contributed by atoms with Crippen LogP contribution in [0.2, 0.25) is 0 Å². The molecule has 1 N–H and O–H groups in total. The molecular weight excluding hydrogens is 242 g/mol. The summed E-state index contributed by atoms with van der Waals surface area (Å²) in [5.41, 5.74) is 1.08. The van der Waals surface area contributed by atoms with E-state index in [1.807, 2.05) is 12.1 Å². The van der Waals surface area contributed by atoms with Gasteiger partial charge in [-0.3, -0.25) is 0 Å².